The molecule has 0 saturated carbocycles. The van der Waals surface area contributed by atoms with Crippen molar-refractivity contribution in [3.05, 3.63) is 60.2 Å². The van der Waals surface area contributed by atoms with Gasteiger partial charge in [-0.3, -0.25) is 0 Å². The first-order valence-corrected chi connectivity index (χ1v) is 17.0. The van der Waals surface area contributed by atoms with Gasteiger partial charge in [0.2, 0.25) is 0 Å². The molecule has 216 valence electrons. The second-order valence-corrected chi connectivity index (χ2v) is 16.4. The Balaban J connectivity index is 2.69. The van der Waals surface area contributed by atoms with E-state index < -0.39 is 55.2 Å². The molecule has 0 heterocycles. The number of methoxy groups -OCH3 is 2. The van der Waals surface area contributed by atoms with Crippen molar-refractivity contribution in [1.29, 1.82) is 0 Å². The third-order valence-electron chi connectivity index (χ3n) is 5.59. The Labute approximate surface area is 239 Å². The van der Waals surface area contributed by atoms with Crippen LogP contribution in [-0.4, -0.2) is 59.4 Å². The van der Waals surface area contributed by atoms with Gasteiger partial charge in [-0.05, 0) is 0 Å². The van der Waals surface area contributed by atoms with Crippen LogP contribution in [0.15, 0.2) is 36.4 Å². The molecule has 0 aliphatic carbocycles. The maximum absolute atomic E-state index is 13.4. The van der Waals surface area contributed by atoms with Crippen LogP contribution in [0.5, 0.6) is 5.75 Å². The Kier molecular flexibility index (Phi) is 10.8. The molecule has 0 aliphatic rings. The van der Waals surface area contributed by atoms with Crippen LogP contribution in [0, 0.1) is 21.0 Å². The summed E-state index contributed by atoms with van der Waals surface area (Å²) in [5.74, 6) is -0.115. The van der Waals surface area contributed by atoms with Crippen molar-refractivity contribution in [2.45, 2.75) is 79.1 Å². The van der Waals surface area contributed by atoms with Crippen LogP contribution < -0.4 is 4.74 Å². The fourth-order valence-corrected chi connectivity index (χ4v) is 8.21. The summed E-state index contributed by atoms with van der Waals surface area (Å²) in [6.45, 7) is 14.1. The second-order valence-electron chi connectivity index (χ2n) is 11.3. The van der Waals surface area contributed by atoms with Crippen molar-refractivity contribution >= 4 is 38.0 Å². The van der Waals surface area contributed by atoms with E-state index in [4.69, 9.17) is 18.9 Å². The van der Waals surface area contributed by atoms with Gasteiger partial charge in [-0.1, -0.05) is 0 Å². The minimum atomic E-state index is -1.96. The van der Waals surface area contributed by atoms with E-state index in [2.05, 4.69) is 35.3 Å². The van der Waals surface area contributed by atoms with Crippen molar-refractivity contribution in [2.75, 3.05) is 19.2 Å². The van der Waals surface area contributed by atoms with Gasteiger partial charge in [0, 0.05) is 0 Å². The van der Waals surface area contributed by atoms with Crippen LogP contribution in [0.3, 0.4) is 0 Å². The Hall–Kier alpha value is -2.82. The average molecular weight is 656 g/mol. The quantitative estimate of drug-likeness (QED) is 0.141. The molecule has 2 rings (SSSR count). The minimum absolute atomic E-state index is 0.00478. The number of halogens is 1. The molecule has 2 aromatic rings. The number of rotatable bonds is 7. The molecule has 8 nitrogen and oxygen atoms in total. The molecule has 0 bridgehead atoms. The van der Waals surface area contributed by atoms with E-state index in [9.17, 15) is 14.4 Å². The van der Waals surface area contributed by atoms with Gasteiger partial charge in [0.15, 0.2) is 0 Å². The number of amides is 2. The molecule has 0 radical (unpaired) electrons. The molecule has 1 atom stereocenters. The zero-order valence-electron chi connectivity index (χ0n) is 24.9. The molecule has 2 aromatic carbocycles. The molecular weight excluding hydrogens is 613 g/mol. The molecule has 0 fully saturated rings. The first-order valence-electron chi connectivity index (χ1n) is 12.6. The van der Waals surface area contributed by atoms with E-state index in [1.54, 1.807) is 48.7 Å². The van der Waals surface area contributed by atoms with Crippen molar-refractivity contribution in [3.63, 3.8) is 0 Å². The molecule has 0 aliphatic heterocycles. The predicted molar refractivity (Wildman–Crippen MR) is 160 cm³/mol. The van der Waals surface area contributed by atoms with E-state index in [0.29, 0.717) is 5.75 Å². The molecule has 0 aromatic heterocycles. The van der Waals surface area contributed by atoms with Crippen LogP contribution in [-0.2, 0) is 25.4 Å². The molecule has 0 unspecified atom stereocenters. The summed E-state index contributed by atoms with van der Waals surface area (Å²) in [5.41, 5.74) is 1.09. The fourth-order valence-electron chi connectivity index (χ4n) is 3.75. The number of esters is 1. The van der Waals surface area contributed by atoms with E-state index in [-0.39, 0.29) is 6.42 Å². The van der Waals surface area contributed by atoms with Crippen LogP contribution in [0.2, 0.25) is 0 Å². The molecule has 2 amide bonds. The number of ether oxygens (including phenoxy) is 4. The van der Waals surface area contributed by atoms with Crippen molar-refractivity contribution < 1.29 is 33.3 Å². The molecule has 0 spiro atoms. The average Bonchev–Trinajstić information content (AvgIpc) is 2.81. The summed E-state index contributed by atoms with van der Waals surface area (Å²) in [5, 5.41) is 0. The summed E-state index contributed by atoms with van der Waals surface area (Å²) in [7, 11) is 2.80. The number of nitrogens with zero attached hydrogens (tertiary/aromatic N) is 1. The van der Waals surface area contributed by atoms with Crippen molar-refractivity contribution in [1.82, 2.24) is 4.90 Å². The Bertz CT molecular complexity index is 1150. The molecule has 0 N–H and O–H groups in total. The van der Waals surface area contributed by atoms with Gasteiger partial charge >= 0.3 is 240 Å². The number of benzene rings is 2. The molecule has 0 saturated heterocycles. The third kappa shape index (κ3) is 9.12. The second kappa shape index (κ2) is 13.0. The van der Waals surface area contributed by atoms with Gasteiger partial charge in [0.25, 0.3) is 0 Å². The Morgan fingerprint density at radius 1 is 0.872 bits per heavy atom. The molecular formula is C30H42INO7. The van der Waals surface area contributed by atoms with Gasteiger partial charge in [-0.2, -0.15) is 0 Å². The maximum atomic E-state index is 13.4. The number of carbonyl (C=O) groups excluding carboxylic acids is 3. The monoisotopic (exact) mass is 655 g/mol. The van der Waals surface area contributed by atoms with Crippen LogP contribution >= 0.6 is 19.8 Å². The van der Waals surface area contributed by atoms with Crippen molar-refractivity contribution in [2.24, 2.45) is 0 Å². The number of imide groups is 1. The van der Waals surface area contributed by atoms with Gasteiger partial charge in [0.05, 0.1) is 0 Å². The normalized spacial score (nSPS) is 12.7. The summed E-state index contributed by atoms with van der Waals surface area (Å²) in [6.07, 6.45) is -1.97. The first-order chi connectivity index (χ1) is 18.0. The zero-order valence-corrected chi connectivity index (χ0v) is 27.1. The number of hydrogen-bond acceptors (Lipinski definition) is 7. The van der Waals surface area contributed by atoms with Crippen molar-refractivity contribution in [3.8, 4) is 5.75 Å². The number of aryl methyl sites for hydroxylation is 2. The van der Waals surface area contributed by atoms with Gasteiger partial charge < -0.3 is 0 Å². The van der Waals surface area contributed by atoms with E-state index in [0.717, 1.165) is 19.6 Å². The van der Waals surface area contributed by atoms with Crippen LogP contribution in [0.25, 0.3) is 0 Å². The third-order valence-corrected chi connectivity index (χ3v) is 10.9. The van der Waals surface area contributed by atoms with E-state index in [1.165, 1.54) is 16.2 Å². The van der Waals surface area contributed by atoms with Crippen LogP contribution in [0.1, 0.15) is 58.2 Å². The molecule has 39 heavy (non-hydrogen) atoms. The zero-order chi connectivity index (χ0) is 29.7. The Morgan fingerprint density at radius 3 is 1.82 bits per heavy atom. The standard InChI is InChI=1S/C30H42INO7/c1-19-12-14-22(15-13-19)31(9)23-16-20(2)25(36-10)18-21(23)17-24(26(33)37-11)32(27(34)38-29(3,4)5)28(35)39-30(6,7)8/h12-16,18,24H,17H2,1-11H3/t24-/m0/s1. The fraction of sp³-hybridized carbons (Fsp3) is 0.500. The topological polar surface area (TPSA) is 91.4 Å². The van der Waals surface area contributed by atoms with E-state index in [1.807, 2.05) is 19.9 Å². The molecule has 9 heteroatoms. The first kappa shape index (κ1) is 32.4. The van der Waals surface area contributed by atoms with E-state index >= 15 is 0 Å². The van der Waals surface area contributed by atoms with Gasteiger partial charge in [-0.25, -0.2) is 0 Å². The Morgan fingerprint density at radius 2 is 1.38 bits per heavy atom. The SMILES string of the molecule is COC(=O)[C@H](Cc1cc(OC)c(C)cc1I(C)c1ccc(C)cc1)N(C(=O)OC(C)(C)C)C(=O)OC(C)(C)C. The summed E-state index contributed by atoms with van der Waals surface area (Å²) >= 11 is -1.96. The van der Waals surface area contributed by atoms with Crippen LogP contribution in [0.4, 0.5) is 9.59 Å². The van der Waals surface area contributed by atoms with Gasteiger partial charge in [-0.15, -0.1) is 0 Å². The predicted octanol–water partition coefficient (Wildman–Crippen LogP) is 6.74. The summed E-state index contributed by atoms with van der Waals surface area (Å²) in [4.78, 5) is 42.9. The number of hydrogen-bond donors (Lipinski definition) is 0. The number of carbonyl (C=O) groups is 3. The summed E-state index contributed by atoms with van der Waals surface area (Å²) in [6, 6.07) is 11.1. The summed E-state index contributed by atoms with van der Waals surface area (Å²) < 4.78 is 24.1. The number of alkyl halides is 1. The van der Waals surface area contributed by atoms with Gasteiger partial charge in [0.1, 0.15) is 0 Å².